The van der Waals surface area contributed by atoms with E-state index in [4.69, 9.17) is 0 Å². The van der Waals surface area contributed by atoms with Crippen LogP contribution < -0.4 is 9.80 Å². The van der Waals surface area contributed by atoms with Crippen molar-refractivity contribution in [3.8, 4) is 22.3 Å². The van der Waals surface area contributed by atoms with Gasteiger partial charge in [0.05, 0.1) is 0 Å². The summed E-state index contributed by atoms with van der Waals surface area (Å²) in [5.74, 6) is 0. The van der Waals surface area contributed by atoms with Crippen LogP contribution in [0.3, 0.4) is 0 Å². The van der Waals surface area contributed by atoms with Crippen molar-refractivity contribution in [2.24, 2.45) is 0 Å². The third kappa shape index (κ3) is 6.03. The minimum atomic E-state index is -0.147. The first kappa shape index (κ1) is 35.8. The fourth-order valence-electron chi connectivity index (χ4n) is 9.56. The second-order valence-corrected chi connectivity index (χ2v) is 16.9. The minimum absolute atomic E-state index is 0.136. The van der Waals surface area contributed by atoms with Gasteiger partial charge in [-0.1, -0.05) is 155 Å². The summed E-state index contributed by atoms with van der Waals surface area (Å²) < 4.78 is 0. The smallest absolute Gasteiger partial charge is 0.0465 e. The van der Waals surface area contributed by atoms with Gasteiger partial charge in [0, 0.05) is 45.0 Å². The molecule has 0 spiro atoms. The molecule has 7 aromatic carbocycles. The molecule has 0 atom stereocenters. The van der Waals surface area contributed by atoms with Crippen LogP contribution in [0.2, 0.25) is 0 Å². The highest BCUT2D eigenvalue weighted by atomic mass is 15.1. The zero-order chi connectivity index (χ0) is 39.4. The van der Waals surface area contributed by atoms with E-state index < -0.39 is 0 Å². The number of fused-ring (bicyclic) bond motifs is 6. The van der Waals surface area contributed by atoms with Crippen LogP contribution in [0.25, 0.3) is 34.4 Å². The van der Waals surface area contributed by atoms with Crippen molar-refractivity contribution >= 4 is 40.6 Å². The van der Waals surface area contributed by atoms with Gasteiger partial charge in [0.15, 0.2) is 0 Å². The van der Waals surface area contributed by atoms with E-state index in [9.17, 15) is 0 Å². The van der Waals surface area contributed by atoms with Gasteiger partial charge in [0.25, 0.3) is 0 Å². The van der Waals surface area contributed by atoms with Crippen LogP contribution in [0, 0.1) is 0 Å². The normalized spacial score (nSPS) is 15.3. The minimum Gasteiger partial charge on any atom is -0.311 e. The molecule has 0 aliphatic heterocycles. The summed E-state index contributed by atoms with van der Waals surface area (Å²) in [7, 11) is 0. The Balaban J connectivity index is 0.939. The van der Waals surface area contributed by atoms with E-state index in [0.29, 0.717) is 0 Å². The van der Waals surface area contributed by atoms with Gasteiger partial charge in [-0.15, -0.1) is 0 Å². The number of allylic oxidation sites excluding steroid dienone is 3. The van der Waals surface area contributed by atoms with Crippen LogP contribution in [0.1, 0.15) is 73.9 Å². The lowest BCUT2D eigenvalue weighted by Gasteiger charge is -2.29. The van der Waals surface area contributed by atoms with Gasteiger partial charge in [-0.2, -0.15) is 0 Å². The molecule has 7 aromatic rings. The van der Waals surface area contributed by atoms with Gasteiger partial charge in [0.1, 0.15) is 0 Å². The fourth-order valence-corrected chi connectivity index (χ4v) is 9.56. The van der Waals surface area contributed by atoms with Crippen molar-refractivity contribution in [3.05, 3.63) is 221 Å². The predicted molar refractivity (Wildman–Crippen MR) is 247 cm³/mol. The third-order valence-corrected chi connectivity index (χ3v) is 12.6. The largest absolute Gasteiger partial charge is 0.311 e. The van der Waals surface area contributed by atoms with Crippen molar-refractivity contribution < 1.29 is 0 Å². The average Bonchev–Trinajstić information content (AvgIpc) is 3.63. The summed E-state index contributed by atoms with van der Waals surface area (Å²) in [4.78, 5) is 4.76. The van der Waals surface area contributed by atoms with Gasteiger partial charge in [-0.3, -0.25) is 0 Å². The van der Waals surface area contributed by atoms with Gasteiger partial charge in [-0.25, -0.2) is 0 Å². The summed E-state index contributed by atoms with van der Waals surface area (Å²) in [6.45, 7) is 9.51. The standard InChI is InChI=1S/C56H48N2/c1-55(2)51-35-39(27-31-47(51)49-33-29-45(37-53(49)55)57(41-17-9-5-10-18-41)42-19-11-6-12-20-42)25-26-40-28-32-48-50-34-30-46(38-54(50)56(3,4)52(48)36-40)58(43-21-13-7-14-22-43)44-23-15-8-16-24-44/h5-7,9-15,17-38H,8,16H2,1-4H3/b26-25+. The molecule has 3 aliphatic rings. The quantitative estimate of drug-likeness (QED) is 0.143. The van der Waals surface area contributed by atoms with Crippen LogP contribution in [0.4, 0.5) is 28.4 Å². The lowest BCUT2D eigenvalue weighted by molar-refractivity contribution is 0.660. The molecule has 2 nitrogen and oxygen atoms in total. The summed E-state index contributed by atoms with van der Waals surface area (Å²) in [6.07, 6.45) is 13.7. The van der Waals surface area contributed by atoms with Crippen LogP contribution in [-0.2, 0) is 10.8 Å². The topological polar surface area (TPSA) is 6.48 Å². The van der Waals surface area contributed by atoms with E-state index in [1.54, 1.807) is 0 Å². The van der Waals surface area contributed by atoms with Gasteiger partial charge in [-0.05, 0) is 135 Å². The molecule has 0 saturated heterocycles. The second kappa shape index (κ2) is 14.1. The van der Waals surface area contributed by atoms with Gasteiger partial charge in [0.2, 0.25) is 0 Å². The van der Waals surface area contributed by atoms with E-state index in [0.717, 1.165) is 24.2 Å². The molecule has 0 unspecified atom stereocenters. The van der Waals surface area contributed by atoms with Crippen LogP contribution in [0.15, 0.2) is 188 Å². The van der Waals surface area contributed by atoms with Gasteiger partial charge < -0.3 is 9.80 Å². The van der Waals surface area contributed by atoms with Crippen LogP contribution in [0.5, 0.6) is 0 Å². The number of hydrogen-bond acceptors (Lipinski definition) is 2. The van der Waals surface area contributed by atoms with E-state index in [1.807, 2.05) is 0 Å². The highest BCUT2D eigenvalue weighted by molar-refractivity contribution is 5.88. The van der Waals surface area contributed by atoms with Gasteiger partial charge >= 0.3 is 0 Å². The summed E-state index contributed by atoms with van der Waals surface area (Å²) in [5.41, 5.74) is 20.1. The molecule has 0 aromatic heterocycles. The molecule has 0 radical (unpaired) electrons. The molecule has 0 bridgehead atoms. The van der Waals surface area contributed by atoms with E-state index in [1.165, 1.54) is 78.4 Å². The highest BCUT2D eigenvalue weighted by Gasteiger charge is 2.37. The average molecular weight is 749 g/mol. The maximum absolute atomic E-state index is 2.43. The zero-order valence-corrected chi connectivity index (χ0v) is 33.8. The molecule has 0 fully saturated rings. The van der Waals surface area contributed by atoms with E-state index in [-0.39, 0.29) is 10.8 Å². The van der Waals surface area contributed by atoms with E-state index in [2.05, 4.69) is 232 Å². The Hall–Kier alpha value is -6.64. The summed E-state index contributed by atoms with van der Waals surface area (Å²) in [6, 6.07) is 60.2. The lowest BCUT2D eigenvalue weighted by Crippen LogP contribution is -2.19. The molecule has 2 heteroatoms. The van der Waals surface area contributed by atoms with Crippen LogP contribution >= 0.6 is 0 Å². The molecule has 10 rings (SSSR count). The summed E-state index contributed by atoms with van der Waals surface area (Å²) in [5, 5.41) is 0. The summed E-state index contributed by atoms with van der Waals surface area (Å²) >= 11 is 0. The third-order valence-electron chi connectivity index (χ3n) is 12.6. The zero-order valence-electron chi connectivity index (χ0n) is 33.8. The first-order chi connectivity index (χ1) is 28.3. The molecule has 0 N–H and O–H groups in total. The maximum Gasteiger partial charge on any atom is 0.0465 e. The predicted octanol–water partition coefficient (Wildman–Crippen LogP) is 15.3. The lowest BCUT2D eigenvalue weighted by atomic mass is 9.81. The molecule has 0 amide bonds. The monoisotopic (exact) mass is 748 g/mol. The Morgan fingerprint density at radius 2 is 0.793 bits per heavy atom. The fraction of sp³-hybridized carbons (Fsp3) is 0.143. The van der Waals surface area contributed by atoms with E-state index >= 15 is 0 Å². The number of para-hydroxylation sites is 3. The molecule has 58 heavy (non-hydrogen) atoms. The van der Waals surface area contributed by atoms with Crippen molar-refractivity contribution in [3.63, 3.8) is 0 Å². The Morgan fingerprint density at radius 1 is 0.397 bits per heavy atom. The molecule has 3 aliphatic carbocycles. The Labute approximate surface area is 343 Å². The first-order valence-electron chi connectivity index (χ1n) is 20.7. The van der Waals surface area contributed by atoms with Crippen molar-refractivity contribution in [2.45, 2.75) is 51.4 Å². The first-order valence-corrected chi connectivity index (χ1v) is 20.7. The number of benzene rings is 7. The molecule has 0 heterocycles. The molecular formula is C56H48N2. The highest BCUT2D eigenvalue weighted by Crippen LogP contribution is 2.52. The Morgan fingerprint density at radius 3 is 1.22 bits per heavy atom. The SMILES string of the molecule is CC1(C)c2cc(/C=C/c3ccc4c(c3)C(C)(C)c3cc(N(c5ccccc5)c5ccccc5)ccc3-4)ccc2-c2ccc(N(C3=CCCC=C3)c3ccccc3)cc21. The number of anilines is 5. The maximum atomic E-state index is 2.43. The molecule has 0 saturated carbocycles. The number of rotatable bonds is 8. The molecule has 282 valence electrons. The number of nitrogens with zero attached hydrogens (tertiary/aromatic N) is 2. The Bertz CT molecular complexity index is 2730. The van der Waals surface area contributed by atoms with Crippen molar-refractivity contribution in [1.29, 1.82) is 0 Å². The van der Waals surface area contributed by atoms with Crippen molar-refractivity contribution in [1.82, 2.24) is 0 Å². The Kier molecular flexibility index (Phi) is 8.68. The van der Waals surface area contributed by atoms with Crippen molar-refractivity contribution in [2.75, 3.05) is 9.80 Å². The second-order valence-electron chi connectivity index (χ2n) is 16.9. The number of hydrogen-bond donors (Lipinski definition) is 0. The van der Waals surface area contributed by atoms with Crippen LogP contribution in [-0.4, -0.2) is 0 Å². The molecular weight excluding hydrogens is 701 g/mol.